The zero-order chi connectivity index (χ0) is 19.2. The number of hydrogen-bond donors (Lipinski definition) is 2. The minimum Gasteiger partial charge on any atom is -0.497 e. The largest absolute Gasteiger partial charge is 0.497 e. The van der Waals surface area contributed by atoms with Gasteiger partial charge in [0.2, 0.25) is 0 Å². The molecule has 0 aliphatic carbocycles. The van der Waals surface area contributed by atoms with Crippen LogP contribution in [0.5, 0.6) is 11.5 Å². The van der Waals surface area contributed by atoms with E-state index in [1.807, 2.05) is 24.3 Å². The summed E-state index contributed by atoms with van der Waals surface area (Å²) in [6.45, 7) is 4.69. The van der Waals surface area contributed by atoms with Crippen molar-refractivity contribution in [2.45, 2.75) is 31.9 Å². The third kappa shape index (κ3) is 6.36. The lowest BCUT2D eigenvalue weighted by Gasteiger charge is -2.28. The van der Waals surface area contributed by atoms with Crippen molar-refractivity contribution in [1.82, 2.24) is 5.32 Å². The van der Waals surface area contributed by atoms with E-state index in [4.69, 9.17) is 32.7 Å². The number of ether oxygens (including phenoxy) is 2. The second-order valence-electron chi connectivity index (χ2n) is 6.81. The van der Waals surface area contributed by atoms with Crippen molar-refractivity contribution in [3.05, 3.63) is 58.1 Å². The number of rotatable bonds is 9. The van der Waals surface area contributed by atoms with Gasteiger partial charge in [0.15, 0.2) is 5.75 Å². The summed E-state index contributed by atoms with van der Waals surface area (Å²) in [5.74, 6) is 1.23. The van der Waals surface area contributed by atoms with E-state index in [1.165, 1.54) is 5.56 Å². The van der Waals surface area contributed by atoms with Gasteiger partial charge in [-0.05, 0) is 50.1 Å². The van der Waals surface area contributed by atoms with E-state index in [2.05, 4.69) is 19.2 Å². The third-order valence-electron chi connectivity index (χ3n) is 3.96. The molecule has 0 bridgehead atoms. The lowest BCUT2D eigenvalue weighted by molar-refractivity contribution is 0.0989. The fraction of sp³-hybridized carbons (Fsp3) is 0.400. The molecule has 0 spiro atoms. The van der Waals surface area contributed by atoms with Gasteiger partial charge in [0.25, 0.3) is 0 Å². The van der Waals surface area contributed by atoms with Crippen LogP contribution in [0.25, 0.3) is 0 Å². The Bertz CT molecular complexity index is 684. The summed E-state index contributed by atoms with van der Waals surface area (Å²) in [6.07, 6.45) is 0.137. The zero-order valence-corrected chi connectivity index (χ0v) is 16.8. The predicted molar refractivity (Wildman–Crippen MR) is 107 cm³/mol. The smallest absolute Gasteiger partial charge is 0.156 e. The van der Waals surface area contributed by atoms with Crippen LogP contribution in [0.2, 0.25) is 10.0 Å². The fourth-order valence-corrected chi connectivity index (χ4v) is 3.08. The first kappa shape index (κ1) is 20.8. The third-order valence-corrected chi connectivity index (χ3v) is 4.56. The number of β-amino-alcohol motifs (C(OH)–C–C–N with tert-alkyl or cyclic N) is 1. The van der Waals surface area contributed by atoms with Gasteiger partial charge in [-0.25, -0.2) is 0 Å². The molecule has 0 aliphatic heterocycles. The number of para-hydroxylation sites is 1. The number of aliphatic hydroxyl groups is 1. The molecule has 0 fully saturated rings. The molecule has 0 radical (unpaired) electrons. The van der Waals surface area contributed by atoms with E-state index < -0.39 is 6.10 Å². The molecule has 0 saturated heterocycles. The van der Waals surface area contributed by atoms with E-state index in [1.54, 1.807) is 25.3 Å². The zero-order valence-electron chi connectivity index (χ0n) is 15.3. The molecule has 0 heterocycles. The lowest BCUT2D eigenvalue weighted by atomic mass is 9.94. The first-order chi connectivity index (χ1) is 12.3. The van der Waals surface area contributed by atoms with Crippen LogP contribution in [-0.4, -0.2) is 37.0 Å². The molecular weight excluding hydrogens is 373 g/mol. The van der Waals surface area contributed by atoms with E-state index in [0.717, 1.165) is 12.2 Å². The minimum absolute atomic E-state index is 0.106. The first-order valence-corrected chi connectivity index (χ1v) is 9.19. The number of benzene rings is 2. The van der Waals surface area contributed by atoms with Gasteiger partial charge >= 0.3 is 0 Å². The maximum absolute atomic E-state index is 10.2. The Balaban J connectivity index is 1.82. The predicted octanol–water partition coefficient (Wildman–Crippen LogP) is 4.35. The molecule has 4 nitrogen and oxygen atoms in total. The molecule has 6 heteroatoms. The molecule has 2 aromatic rings. The van der Waals surface area contributed by atoms with Gasteiger partial charge in [-0.3, -0.25) is 0 Å². The highest BCUT2D eigenvalue weighted by atomic mass is 35.5. The van der Waals surface area contributed by atoms with Crippen LogP contribution in [0, 0.1) is 0 Å². The highest BCUT2D eigenvalue weighted by Gasteiger charge is 2.20. The Morgan fingerprint density at radius 2 is 1.69 bits per heavy atom. The normalized spacial score (nSPS) is 12.7. The van der Waals surface area contributed by atoms with Crippen LogP contribution in [0.15, 0.2) is 42.5 Å². The summed E-state index contributed by atoms with van der Waals surface area (Å²) in [5.41, 5.74) is 1.01. The van der Waals surface area contributed by atoms with Gasteiger partial charge < -0.3 is 19.9 Å². The molecule has 26 heavy (non-hydrogen) atoms. The molecule has 0 aliphatic rings. The van der Waals surface area contributed by atoms with Gasteiger partial charge in [-0.2, -0.15) is 0 Å². The van der Waals surface area contributed by atoms with Crippen molar-refractivity contribution in [3.63, 3.8) is 0 Å². The lowest BCUT2D eigenvalue weighted by Crippen LogP contribution is -2.46. The molecule has 142 valence electrons. The summed E-state index contributed by atoms with van der Waals surface area (Å²) in [4.78, 5) is 0. The Morgan fingerprint density at radius 3 is 2.27 bits per heavy atom. The number of methoxy groups -OCH3 is 1. The molecule has 0 aromatic heterocycles. The molecule has 2 aromatic carbocycles. The number of nitrogens with one attached hydrogen (secondary N) is 1. The molecular formula is C20H25Cl2NO3. The molecule has 2 N–H and O–H groups in total. The molecule has 0 amide bonds. The highest BCUT2D eigenvalue weighted by molar-refractivity contribution is 6.37. The van der Waals surface area contributed by atoms with E-state index in [9.17, 15) is 5.11 Å². The molecule has 0 saturated carbocycles. The SMILES string of the molecule is COc1ccc(CC(C)(C)NCC(O)COc2c(Cl)cccc2Cl)cc1. The summed E-state index contributed by atoms with van der Waals surface area (Å²) in [7, 11) is 1.65. The van der Waals surface area contributed by atoms with Crippen molar-refractivity contribution in [2.24, 2.45) is 0 Å². The summed E-state index contributed by atoms with van der Waals surface area (Å²) in [6, 6.07) is 13.1. The van der Waals surface area contributed by atoms with Crippen LogP contribution in [0.4, 0.5) is 0 Å². The number of hydrogen-bond acceptors (Lipinski definition) is 4. The molecule has 1 atom stereocenters. The van der Waals surface area contributed by atoms with Crippen LogP contribution in [0.3, 0.4) is 0 Å². The van der Waals surface area contributed by atoms with Crippen LogP contribution in [-0.2, 0) is 6.42 Å². The second kappa shape index (κ2) is 9.47. The Hall–Kier alpha value is -1.46. The van der Waals surface area contributed by atoms with Crippen molar-refractivity contribution in [1.29, 1.82) is 0 Å². The summed E-state index contributed by atoms with van der Waals surface area (Å²) in [5, 5.41) is 14.4. The topological polar surface area (TPSA) is 50.7 Å². The van der Waals surface area contributed by atoms with Gasteiger partial charge in [0.1, 0.15) is 18.5 Å². The van der Waals surface area contributed by atoms with Crippen molar-refractivity contribution in [3.8, 4) is 11.5 Å². The summed E-state index contributed by atoms with van der Waals surface area (Å²) >= 11 is 12.1. The molecule has 1 unspecified atom stereocenters. The molecule has 2 rings (SSSR count). The van der Waals surface area contributed by atoms with Crippen LogP contribution in [0.1, 0.15) is 19.4 Å². The maximum Gasteiger partial charge on any atom is 0.156 e. The fourth-order valence-electron chi connectivity index (χ4n) is 2.57. The quantitative estimate of drug-likeness (QED) is 0.659. The number of halogens is 2. The van der Waals surface area contributed by atoms with E-state index in [0.29, 0.717) is 22.3 Å². The van der Waals surface area contributed by atoms with E-state index >= 15 is 0 Å². The highest BCUT2D eigenvalue weighted by Crippen LogP contribution is 2.32. The van der Waals surface area contributed by atoms with Gasteiger partial charge in [-0.1, -0.05) is 41.4 Å². The van der Waals surface area contributed by atoms with Crippen LogP contribution >= 0.6 is 23.2 Å². The van der Waals surface area contributed by atoms with Gasteiger partial charge in [0.05, 0.1) is 17.2 Å². The van der Waals surface area contributed by atoms with Crippen molar-refractivity contribution >= 4 is 23.2 Å². The average molecular weight is 398 g/mol. The number of aliphatic hydroxyl groups excluding tert-OH is 1. The summed E-state index contributed by atoms with van der Waals surface area (Å²) < 4.78 is 10.7. The minimum atomic E-state index is -0.683. The van der Waals surface area contributed by atoms with Gasteiger partial charge in [-0.15, -0.1) is 0 Å². The Labute approximate surface area is 165 Å². The van der Waals surface area contributed by atoms with Crippen molar-refractivity contribution < 1.29 is 14.6 Å². The second-order valence-corrected chi connectivity index (χ2v) is 7.62. The standard InChI is InChI=1S/C20H25Cl2NO3/c1-20(2,11-14-7-9-16(25-3)10-8-14)23-12-15(24)13-26-19-17(21)5-4-6-18(19)22/h4-10,15,23-24H,11-13H2,1-3H3. The van der Waals surface area contributed by atoms with Gasteiger partial charge in [0, 0.05) is 12.1 Å². The first-order valence-electron chi connectivity index (χ1n) is 8.43. The van der Waals surface area contributed by atoms with E-state index in [-0.39, 0.29) is 12.1 Å². The van der Waals surface area contributed by atoms with Crippen molar-refractivity contribution in [2.75, 3.05) is 20.3 Å². The monoisotopic (exact) mass is 397 g/mol. The Morgan fingerprint density at radius 1 is 1.08 bits per heavy atom. The Kier molecular flexibility index (Phi) is 7.59. The van der Waals surface area contributed by atoms with Crippen LogP contribution < -0.4 is 14.8 Å². The average Bonchev–Trinajstić information content (AvgIpc) is 2.60. The maximum atomic E-state index is 10.2.